The Kier molecular flexibility index (Phi) is 8.39. The normalized spacial score (nSPS) is 9.83. The lowest BCUT2D eigenvalue weighted by Gasteiger charge is -2.08. The van der Waals surface area contributed by atoms with Crippen LogP contribution in [0.25, 0.3) is 0 Å². The summed E-state index contributed by atoms with van der Waals surface area (Å²) in [5.74, 6) is 1.32. The summed E-state index contributed by atoms with van der Waals surface area (Å²) < 4.78 is 10.7. The van der Waals surface area contributed by atoms with E-state index in [0.29, 0.717) is 31.8 Å². The number of thiazole rings is 1. The van der Waals surface area contributed by atoms with Crippen LogP contribution >= 0.6 is 23.7 Å². The Morgan fingerprint density at radius 3 is 2.87 bits per heavy atom. The third-order valence-electron chi connectivity index (χ3n) is 2.88. The summed E-state index contributed by atoms with van der Waals surface area (Å²) in [6.45, 7) is 1.39. The van der Waals surface area contributed by atoms with E-state index in [0.717, 1.165) is 16.5 Å². The van der Waals surface area contributed by atoms with Crippen LogP contribution in [0.1, 0.15) is 21.9 Å². The molecule has 0 saturated carbocycles. The molecule has 0 radical (unpaired) electrons. The van der Waals surface area contributed by atoms with Crippen LogP contribution in [0.4, 0.5) is 0 Å². The van der Waals surface area contributed by atoms with E-state index in [1.165, 1.54) is 11.3 Å². The van der Waals surface area contributed by atoms with E-state index in [2.05, 4.69) is 10.3 Å². The van der Waals surface area contributed by atoms with Crippen molar-refractivity contribution in [2.45, 2.75) is 13.0 Å². The van der Waals surface area contributed by atoms with Gasteiger partial charge in [-0.15, -0.1) is 23.7 Å². The molecule has 1 amide bonds. The van der Waals surface area contributed by atoms with E-state index < -0.39 is 0 Å². The van der Waals surface area contributed by atoms with Gasteiger partial charge < -0.3 is 20.5 Å². The van der Waals surface area contributed by atoms with Crippen molar-refractivity contribution < 1.29 is 14.3 Å². The molecule has 1 aromatic heterocycles. The molecule has 0 aliphatic heterocycles. The van der Waals surface area contributed by atoms with Crippen molar-refractivity contribution in [1.29, 1.82) is 0 Å². The highest BCUT2D eigenvalue weighted by Crippen LogP contribution is 2.18. The van der Waals surface area contributed by atoms with E-state index in [9.17, 15) is 4.79 Å². The Morgan fingerprint density at radius 1 is 1.39 bits per heavy atom. The maximum Gasteiger partial charge on any atom is 0.270 e. The van der Waals surface area contributed by atoms with Crippen LogP contribution in [0.2, 0.25) is 0 Å². The Bertz CT molecular complexity index is 622. The van der Waals surface area contributed by atoms with E-state index in [1.807, 2.05) is 24.3 Å². The number of rotatable bonds is 8. The number of amides is 1. The number of methoxy groups -OCH3 is 1. The van der Waals surface area contributed by atoms with Crippen LogP contribution in [0.5, 0.6) is 11.5 Å². The van der Waals surface area contributed by atoms with Crippen molar-refractivity contribution in [3.8, 4) is 11.5 Å². The molecule has 1 heterocycles. The van der Waals surface area contributed by atoms with Crippen LogP contribution in [-0.4, -0.2) is 31.2 Å². The fourth-order valence-electron chi connectivity index (χ4n) is 1.75. The number of aromatic nitrogens is 1. The highest BCUT2D eigenvalue weighted by atomic mass is 35.5. The minimum absolute atomic E-state index is 0. The first-order valence-corrected chi connectivity index (χ1v) is 7.80. The molecule has 0 saturated heterocycles. The Morgan fingerprint density at radius 2 is 2.17 bits per heavy atom. The van der Waals surface area contributed by atoms with Gasteiger partial charge in [-0.1, -0.05) is 6.07 Å². The van der Waals surface area contributed by atoms with Crippen molar-refractivity contribution in [3.05, 3.63) is 40.3 Å². The van der Waals surface area contributed by atoms with Gasteiger partial charge in [-0.2, -0.15) is 0 Å². The molecule has 126 valence electrons. The molecule has 0 aliphatic rings. The average Bonchev–Trinajstić information content (AvgIpc) is 3.04. The predicted molar refractivity (Wildman–Crippen MR) is 92.7 cm³/mol. The van der Waals surface area contributed by atoms with Gasteiger partial charge >= 0.3 is 0 Å². The summed E-state index contributed by atoms with van der Waals surface area (Å²) in [4.78, 5) is 16.0. The highest BCUT2D eigenvalue weighted by molar-refractivity contribution is 7.09. The molecule has 3 N–H and O–H groups in total. The minimum atomic E-state index is -0.183. The van der Waals surface area contributed by atoms with E-state index in [4.69, 9.17) is 15.2 Å². The topological polar surface area (TPSA) is 86.5 Å². The monoisotopic (exact) mass is 357 g/mol. The molecule has 0 bridgehead atoms. The summed E-state index contributed by atoms with van der Waals surface area (Å²) in [6, 6.07) is 7.41. The van der Waals surface area contributed by atoms with Crippen LogP contribution in [0.15, 0.2) is 29.6 Å². The lowest BCUT2D eigenvalue weighted by atomic mass is 10.3. The van der Waals surface area contributed by atoms with Crippen LogP contribution in [0, 0.1) is 0 Å². The van der Waals surface area contributed by atoms with Crippen LogP contribution in [0.3, 0.4) is 0 Å². The zero-order valence-corrected chi connectivity index (χ0v) is 14.4. The Balaban J connectivity index is 0.00000264. The van der Waals surface area contributed by atoms with E-state index in [1.54, 1.807) is 12.5 Å². The maximum absolute atomic E-state index is 11.8. The third kappa shape index (κ3) is 6.05. The summed E-state index contributed by atoms with van der Waals surface area (Å²) in [7, 11) is 1.61. The molecule has 0 spiro atoms. The number of carbonyl (C=O) groups excluding carboxylic acids is 1. The number of nitrogens with two attached hydrogens (primary N) is 1. The van der Waals surface area contributed by atoms with Crippen molar-refractivity contribution in [2.75, 3.05) is 20.3 Å². The van der Waals surface area contributed by atoms with Gasteiger partial charge in [0.1, 0.15) is 22.2 Å². The maximum atomic E-state index is 11.8. The number of carbonyl (C=O) groups is 1. The fourth-order valence-corrected chi connectivity index (χ4v) is 2.41. The standard InChI is InChI=1S/C15H19N3O3S.ClH/c1-20-11-4-2-5-12(8-11)21-7-3-6-17-15(19)13-10-22-14(9-16)18-13;/h2,4-5,8,10H,3,6-7,9,16H2,1H3,(H,17,19);1H. The van der Waals surface area contributed by atoms with Gasteiger partial charge in [-0.05, 0) is 18.6 Å². The number of nitrogens with zero attached hydrogens (tertiary/aromatic N) is 1. The van der Waals surface area contributed by atoms with Gasteiger partial charge in [-0.3, -0.25) is 4.79 Å². The number of hydrogen-bond donors (Lipinski definition) is 2. The zero-order valence-electron chi connectivity index (χ0n) is 12.8. The van der Waals surface area contributed by atoms with Crippen molar-refractivity contribution in [3.63, 3.8) is 0 Å². The van der Waals surface area contributed by atoms with E-state index in [-0.39, 0.29) is 18.3 Å². The number of halogens is 1. The third-order valence-corrected chi connectivity index (χ3v) is 3.75. The molecule has 2 aromatic rings. The second kappa shape index (κ2) is 10.0. The van der Waals surface area contributed by atoms with Gasteiger partial charge in [0.25, 0.3) is 5.91 Å². The molecule has 0 atom stereocenters. The summed E-state index contributed by atoms with van der Waals surface area (Å²) in [6.07, 6.45) is 0.705. The smallest absolute Gasteiger partial charge is 0.270 e. The molecular formula is C15H20ClN3O3S. The lowest BCUT2D eigenvalue weighted by molar-refractivity contribution is 0.0947. The van der Waals surface area contributed by atoms with Gasteiger partial charge in [0.05, 0.1) is 13.7 Å². The SMILES string of the molecule is COc1cccc(OCCCNC(=O)c2csc(CN)n2)c1.Cl. The first-order chi connectivity index (χ1) is 10.7. The first-order valence-electron chi connectivity index (χ1n) is 6.92. The quantitative estimate of drug-likeness (QED) is 0.707. The van der Waals surface area contributed by atoms with Gasteiger partial charge in [-0.25, -0.2) is 4.98 Å². The lowest BCUT2D eigenvalue weighted by Crippen LogP contribution is -2.25. The molecular weight excluding hydrogens is 338 g/mol. The minimum Gasteiger partial charge on any atom is -0.497 e. The van der Waals surface area contributed by atoms with Crippen LogP contribution < -0.4 is 20.5 Å². The van der Waals surface area contributed by atoms with E-state index >= 15 is 0 Å². The van der Waals surface area contributed by atoms with Gasteiger partial charge in [0.15, 0.2) is 0 Å². The number of ether oxygens (including phenoxy) is 2. The summed E-state index contributed by atoms with van der Waals surface area (Å²) in [5.41, 5.74) is 5.89. The van der Waals surface area contributed by atoms with Gasteiger partial charge in [0, 0.05) is 24.5 Å². The molecule has 8 heteroatoms. The summed E-state index contributed by atoms with van der Waals surface area (Å²) >= 11 is 1.39. The first kappa shape index (κ1) is 19.2. The number of nitrogens with one attached hydrogen (secondary N) is 1. The summed E-state index contributed by atoms with van der Waals surface area (Å²) in [5, 5.41) is 5.27. The largest absolute Gasteiger partial charge is 0.497 e. The molecule has 0 unspecified atom stereocenters. The highest BCUT2D eigenvalue weighted by Gasteiger charge is 2.09. The van der Waals surface area contributed by atoms with Crippen molar-refractivity contribution in [2.24, 2.45) is 5.73 Å². The average molecular weight is 358 g/mol. The van der Waals surface area contributed by atoms with Crippen molar-refractivity contribution >= 4 is 29.7 Å². The number of benzene rings is 1. The van der Waals surface area contributed by atoms with Gasteiger partial charge in [0.2, 0.25) is 0 Å². The van der Waals surface area contributed by atoms with Crippen LogP contribution in [-0.2, 0) is 6.54 Å². The molecule has 6 nitrogen and oxygen atoms in total. The number of hydrogen-bond acceptors (Lipinski definition) is 6. The molecule has 2 rings (SSSR count). The second-order valence-electron chi connectivity index (χ2n) is 4.47. The molecule has 0 aliphatic carbocycles. The molecule has 0 fully saturated rings. The Hall–Kier alpha value is -1.83. The Labute approximate surface area is 145 Å². The van der Waals surface area contributed by atoms with Crippen molar-refractivity contribution in [1.82, 2.24) is 10.3 Å². The molecule has 23 heavy (non-hydrogen) atoms. The molecule has 1 aromatic carbocycles. The second-order valence-corrected chi connectivity index (χ2v) is 5.41. The zero-order chi connectivity index (χ0) is 15.8. The predicted octanol–water partition coefficient (Wildman–Crippen LogP) is 2.23. The fraction of sp³-hybridized carbons (Fsp3) is 0.333.